The fraction of sp³-hybridized carbons (Fsp3) is 0.917. The largest absolute Gasteiger partial charge is 0.335 e. The highest BCUT2D eigenvalue weighted by Crippen LogP contribution is 2.21. The minimum absolute atomic E-state index is 0.0124. The van der Waals surface area contributed by atoms with Crippen LogP contribution in [0.1, 0.15) is 41.0 Å². The molecule has 4 heteroatoms. The van der Waals surface area contributed by atoms with E-state index in [1.807, 2.05) is 13.8 Å². The molecule has 0 aromatic heterocycles. The van der Waals surface area contributed by atoms with Crippen LogP contribution in [0, 0.1) is 5.41 Å². The summed E-state index contributed by atoms with van der Waals surface area (Å²) in [7, 11) is 0. The Morgan fingerprint density at radius 3 is 2.12 bits per heavy atom. The van der Waals surface area contributed by atoms with Gasteiger partial charge in [0, 0.05) is 19.1 Å². The Morgan fingerprint density at radius 2 is 1.81 bits per heavy atom. The van der Waals surface area contributed by atoms with Gasteiger partial charge in [-0.05, 0) is 32.2 Å². The van der Waals surface area contributed by atoms with Crippen molar-refractivity contribution >= 4 is 6.03 Å². The molecule has 0 radical (unpaired) electrons. The second kappa shape index (κ2) is 6.74. The summed E-state index contributed by atoms with van der Waals surface area (Å²) in [5, 5.41) is 3.07. The molecular weight excluding hydrogens is 202 g/mol. The van der Waals surface area contributed by atoms with Gasteiger partial charge in [0.25, 0.3) is 0 Å². The predicted octanol–water partition coefficient (Wildman–Crippen LogP) is 1.80. The first kappa shape index (κ1) is 15.2. The first-order valence-corrected chi connectivity index (χ1v) is 6.12. The van der Waals surface area contributed by atoms with Gasteiger partial charge in [0.1, 0.15) is 0 Å². The highest BCUT2D eigenvalue weighted by Gasteiger charge is 2.26. The van der Waals surface area contributed by atoms with Crippen LogP contribution >= 0.6 is 0 Å². The molecule has 1 atom stereocenters. The van der Waals surface area contributed by atoms with Crippen molar-refractivity contribution in [2.75, 3.05) is 19.6 Å². The van der Waals surface area contributed by atoms with Gasteiger partial charge in [0.05, 0.1) is 0 Å². The van der Waals surface area contributed by atoms with E-state index in [-0.39, 0.29) is 17.5 Å². The van der Waals surface area contributed by atoms with Crippen molar-refractivity contribution in [1.29, 1.82) is 0 Å². The second-order valence-electron chi connectivity index (χ2n) is 5.12. The number of hydrogen-bond donors (Lipinski definition) is 2. The van der Waals surface area contributed by atoms with Crippen molar-refractivity contribution in [1.82, 2.24) is 10.2 Å². The molecule has 0 spiro atoms. The van der Waals surface area contributed by atoms with Gasteiger partial charge < -0.3 is 16.0 Å². The number of nitrogens with zero attached hydrogens (tertiary/aromatic N) is 1. The Bertz CT molecular complexity index is 207. The summed E-state index contributed by atoms with van der Waals surface area (Å²) in [6.07, 6.45) is 0.816. The van der Waals surface area contributed by atoms with Crippen molar-refractivity contribution < 1.29 is 4.79 Å². The van der Waals surface area contributed by atoms with Gasteiger partial charge in [-0.15, -0.1) is 0 Å². The lowest BCUT2D eigenvalue weighted by molar-refractivity contribution is 0.182. The zero-order chi connectivity index (χ0) is 12.8. The molecule has 2 amide bonds. The van der Waals surface area contributed by atoms with Gasteiger partial charge in [-0.2, -0.15) is 0 Å². The molecule has 0 saturated heterocycles. The van der Waals surface area contributed by atoms with Crippen LogP contribution in [-0.2, 0) is 0 Å². The van der Waals surface area contributed by atoms with Crippen molar-refractivity contribution in [2.45, 2.75) is 47.1 Å². The Balaban J connectivity index is 4.45. The van der Waals surface area contributed by atoms with E-state index in [1.54, 1.807) is 4.90 Å². The first-order valence-electron chi connectivity index (χ1n) is 6.12. The van der Waals surface area contributed by atoms with E-state index in [1.165, 1.54) is 0 Å². The number of carbonyl (C=O) groups is 1. The molecule has 16 heavy (non-hydrogen) atoms. The van der Waals surface area contributed by atoms with E-state index in [9.17, 15) is 4.79 Å². The molecular formula is C12H27N3O. The van der Waals surface area contributed by atoms with Gasteiger partial charge in [0.15, 0.2) is 0 Å². The van der Waals surface area contributed by atoms with Gasteiger partial charge >= 0.3 is 6.03 Å². The highest BCUT2D eigenvalue weighted by atomic mass is 16.2. The fourth-order valence-electron chi connectivity index (χ4n) is 1.64. The van der Waals surface area contributed by atoms with E-state index in [4.69, 9.17) is 5.73 Å². The summed E-state index contributed by atoms with van der Waals surface area (Å²) < 4.78 is 0. The Morgan fingerprint density at radius 1 is 1.31 bits per heavy atom. The van der Waals surface area contributed by atoms with E-state index in [0.29, 0.717) is 6.54 Å². The molecule has 0 rings (SSSR count). The Labute approximate surface area is 99.6 Å². The Hall–Kier alpha value is -0.770. The molecule has 0 bridgehead atoms. The molecule has 0 aromatic carbocycles. The van der Waals surface area contributed by atoms with Crippen molar-refractivity contribution in [2.24, 2.45) is 11.1 Å². The zero-order valence-corrected chi connectivity index (χ0v) is 11.3. The number of hydrogen-bond acceptors (Lipinski definition) is 2. The van der Waals surface area contributed by atoms with Crippen LogP contribution in [0.5, 0.6) is 0 Å². The monoisotopic (exact) mass is 229 g/mol. The van der Waals surface area contributed by atoms with Crippen molar-refractivity contribution in [3.05, 3.63) is 0 Å². The third-order valence-corrected chi connectivity index (χ3v) is 2.85. The molecule has 0 aromatic rings. The van der Waals surface area contributed by atoms with Crippen LogP contribution in [-0.4, -0.2) is 36.6 Å². The van der Waals surface area contributed by atoms with E-state index in [0.717, 1.165) is 19.5 Å². The highest BCUT2D eigenvalue weighted by molar-refractivity contribution is 5.74. The predicted molar refractivity (Wildman–Crippen MR) is 68.4 cm³/mol. The number of nitrogens with two attached hydrogens (primary N) is 1. The minimum atomic E-state index is 0.0124. The molecule has 0 fully saturated rings. The normalized spacial score (nSPS) is 13.4. The lowest BCUT2D eigenvalue weighted by Crippen LogP contribution is -2.50. The number of urea groups is 1. The van der Waals surface area contributed by atoms with Crippen LogP contribution in [0.25, 0.3) is 0 Å². The maximum Gasteiger partial charge on any atom is 0.317 e. The lowest BCUT2D eigenvalue weighted by atomic mass is 9.85. The van der Waals surface area contributed by atoms with Gasteiger partial charge in [-0.25, -0.2) is 4.79 Å². The summed E-state index contributed by atoms with van der Waals surface area (Å²) in [4.78, 5) is 13.7. The number of nitrogens with one attached hydrogen (secondary N) is 1. The molecule has 0 heterocycles. The van der Waals surface area contributed by atoms with Gasteiger partial charge in [-0.1, -0.05) is 20.8 Å². The van der Waals surface area contributed by atoms with Crippen LogP contribution in [0.2, 0.25) is 0 Å². The molecule has 0 aliphatic rings. The van der Waals surface area contributed by atoms with Gasteiger partial charge in [0.2, 0.25) is 0 Å². The third-order valence-electron chi connectivity index (χ3n) is 2.85. The van der Waals surface area contributed by atoms with Crippen molar-refractivity contribution in [3.63, 3.8) is 0 Å². The summed E-state index contributed by atoms with van der Waals surface area (Å²) in [5.41, 5.74) is 5.62. The molecule has 3 N–H and O–H groups in total. The zero-order valence-electron chi connectivity index (χ0n) is 11.3. The summed E-state index contributed by atoms with van der Waals surface area (Å²) in [5.74, 6) is 0. The molecule has 4 nitrogen and oxygen atoms in total. The second-order valence-corrected chi connectivity index (χ2v) is 5.12. The number of carbonyl (C=O) groups excluding carboxylic acids is 1. The smallest absolute Gasteiger partial charge is 0.317 e. The fourth-order valence-corrected chi connectivity index (χ4v) is 1.64. The van der Waals surface area contributed by atoms with Crippen LogP contribution in [0.15, 0.2) is 0 Å². The van der Waals surface area contributed by atoms with E-state index >= 15 is 0 Å². The first-order chi connectivity index (χ1) is 7.36. The minimum Gasteiger partial charge on any atom is -0.335 e. The van der Waals surface area contributed by atoms with E-state index in [2.05, 4.69) is 26.1 Å². The Kier molecular flexibility index (Phi) is 6.41. The average molecular weight is 229 g/mol. The topological polar surface area (TPSA) is 58.4 Å². The summed E-state index contributed by atoms with van der Waals surface area (Å²) in [6, 6.07) is 0.143. The maximum absolute atomic E-state index is 11.9. The quantitative estimate of drug-likeness (QED) is 0.755. The average Bonchev–Trinajstić information content (AvgIpc) is 2.17. The maximum atomic E-state index is 11.9. The molecule has 0 saturated carbocycles. The summed E-state index contributed by atoms with van der Waals surface area (Å²) in [6.45, 7) is 12.4. The SMILES string of the molecule is CCN(CC)C(=O)NC(CCN)C(C)(C)C. The van der Waals surface area contributed by atoms with E-state index < -0.39 is 0 Å². The van der Waals surface area contributed by atoms with Crippen molar-refractivity contribution in [3.8, 4) is 0 Å². The van der Waals surface area contributed by atoms with Gasteiger partial charge in [-0.3, -0.25) is 0 Å². The molecule has 0 aliphatic carbocycles. The van der Waals surface area contributed by atoms with Crippen LogP contribution in [0.3, 0.4) is 0 Å². The number of rotatable bonds is 5. The molecule has 1 unspecified atom stereocenters. The van der Waals surface area contributed by atoms with Crippen LogP contribution in [0.4, 0.5) is 4.79 Å². The lowest BCUT2D eigenvalue weighted by Gasteiger charge is -2.33. The van der Waals surface area contributed by atoms with Crippen LogP contribution < -0.4 is 11.1 Å². The number of amides is 2. The molecule has 96 valence electrons. The summed E-state index contributed by atoms with van der Waals surface area (Å²) >= 11 is 0. The molecule has 0 aliphatic heterocycles. The third kappa shape index (κ3) is 4.84. The standard InChI is InChI=1S/C12H27N3O/c1-6-15(7-2)11(16)14-10(8-9-13)12(3,4)5/h10H,6-9,13H2,1-5H3,(H,14,16).